The maximum absolute atomic E-state index is 12.0. The summed E-state index contributed by atoms with van der Waals surface area (Å²) in [6.07, 6.45) is -2.52. The normalized spacial score (nSPS) is 15.0. The molecule has 1 aromatic rings. The Bertz CT molecular complexity index is 459. The summed E-state index contributed by atoms with van der Waals surface area (Å²) in [6, 6.07) is 7.66. The van der Waals surface area contributed by atoms with E-state index >= 15 is 0 Å². The molecule has 0 spiro atoms. The zero-order chi connectivity index (χ0) is 13.9. The molecule has 1 aromatic carbocycles. The van der Waals surface area contributed by atoms with E-state index in [4.69, 9.17) is 0 Å². The highest BCUT2D eigenvalue weighted by molar-refractivity contribution is 5.81. The molecule has 19 heavy (non-hydrogen) atoms. The van der Waals surface area contributed by atoms with Crippen LogP contribution in [-0.4, -0.2) is 31.7 Å². The third kappa shape index (κ3) is 3.87. The van der Waals surface area contributed by atoms with E-state index in [1.165, 1.54) is 0 Å². The van der Waals surface area contributed by atoms with E-state index in [2.05, 4.69) is 0 Å². The predicted molar refractivity (Wildman–Crippen MR) is 66.0 cm³/mol. The minimum absolute atomic E-state index is 0.0346. The van der Waals surface area contributed by atoms with Gasteiger partial charge in [-0.05, 0) is 24.5 Å². The van der Waals surface area contributed by atoms with Crippen LogP contribution in [0, 0.1) is 0 Å². The van der Waals surface area contributed by atoms with Crippen LogP contribution >= 0.6 is 0 Å². The number of para-hydroxylation sites is 1. The van der Waals surface area contributed by atoms with Crippen LogP contribution < -0.4 is 10.2 Å². The number of hydrogen-bond acceptors (Lipinski definition) is 2. The van der Waals surface area contributed by atoms with Crippen molar-refractivity contribution in [1.29, 1.82) is 0 Å². The van der Waals surface area contributed by atoms with E-state index in [1.807, 2.05) is 34.5 Å². The number of carbonyl (C=O) groups is 1. The molecule has 2 rings (SSSR count). The van der Waals surface area contributed by atoms with Crippen LogP contribution in [0.1, 0.15) is 12.0 Å². The van der Waals surface area contributed by atoms with Gasteiger partial charge in [0.15, 0.2) is 0 Å². The van der Waals surface area contributed by atoms with Crippen LogP contribution in [0.2, 0.25) is 0 Å². The van der Waals surface area contributed by atoms with Crippen molar-refractivity contribution in [3.8, 4) is 0 Å². The number of fused-ring (bicyclic) bond motifs is 1. The van der Waals surface area contributed by atoms with Crippen molar-refractivity contribution in [2.75, 3.05) is 24.5 Å². The van der Waals surface area contributed by atoms with Gasteiger partial charge in [-0.15, -0.1) is 0 Å². The first-order valence-corrected chi connectivity index (χ1v) is 6.12. The van der Waals surface area contributed by atoms with Gasteiger partial charge in [-0.3, -0.25) is 4.79 Å². The fourth-order valence-corrected chi connectivity index (χ4v) is 2.20. The zero-order valence-electron chi connectivity index (χ0n) is 10.3. The second-order valence-corrected chi connectivity index (χ2v) is 4.55. The van der Waals surface area contributed by atoms with E-state index in [-0.39, 0.29) is 6.54 Å². The van der Waals surface area contributed by atoms with E-state index < -0.39 is 18.6 Å². The highest BCUT2D eigenvalue weighted by Gasteiger charge is 2.28. The topological polar surface area (TPSA) is 32.3 Å². The summed E-state index contributed by atoms with van der Waals surface area (Å²) >= 11 is 0. The molecule has 0 bridgehead atoms. The molecule has 0 unspecified atom stereocenters. The van der Waals surface area contributed by atoms with Crippen molar-refractivity contribution in [2.24, 2.45) is 0 Å². The Kier molecular flexibility index (Phi) is 3.97. The lowest BCUT2D eigenvalue weighted by Crippen LogP contribution is -2.42. The largest absolute Gasteiger partial charge is 0.405 e. The van der Waals surface area contributed by atoms with Crippen LogP contribution in [0.15, 0.2) is 24.3 Å². The molecule has 1 heterocycles. The maximum Gasteiger partial charge on any atom is 0.405 e. The second-order valence-electron chi connectivity index (χ2n) is 4.55. The van der Waals surface area contributed by atoms with Crippen LogP contribution in [0.3, 0.4) is 0 Å². The molecule has 0 aliphatic carbocycles. The van der Waals surface area contributed by atoms with Gasteiger partial charge >= 0.3 is 6.18 Å². The Labute approximate surface area is 109 Å². The van der Waals surface area contributed by atoms with E-state index in [0.717, 1.165) is 24.1 Å². The summed E-state index contributed by atoms with van der Waals surface area (Å²) in [5.41, 5.74) is 2.08. The second kappa shape index (κ2) is 5.50. The number of halogens is 3. The highest BCUT2D eigenvalue weighted by atomic mass is 19.4. The van der Waals surface area contributed by atoms with Crippen molar-refractivity contribution in [2.45, 2.75) is 19.0 Å². The van der Waals surface area contributed by atoms with Crippen LogP contribution in [0.4, 0.5) is 18.9 Å². The Hall–Kier alpha value is -1.72. The van der Waals surface area contributed by atoms with Gasteiger partial charge in [-0.2, -0.15) is 13.2 Å². The summed E-state index contributed by atoms with van der Waals surface area (Å²) < 4.78 is 36.0. The Morgan fingerprint density at radius 3 is 2.79 bits per heavy atom. The van der Waals surface area contributed by atoms with Crippen molar-refractivity contribution < 1.29 is 18.0 Å². The Morgan fingerprint density at radius 1 is 1.32 bits per heavy atom. The molecule has 1 aliphatic heterocycles. The van der Waals surface area contributed by atoms with E-state index in [1.54, 1.807) is 0 Å². The number of benzene rings is 1. The quantitative estimate of drug-likeness (QED) is 0.914. The number of nitrogens with one attached hydrogen (secondary N) is 1. The first-order chi connectivity index (χ1) is 8.96. The number of hydrogen-bond donors (Lipinski definition) is 1. The first kappa shape index (κ1) is 13.7. The number of amides is 1. The third-order valence-corrected chi connectivity index (χ3v) is 3.03. The summed E-state index contributed by atoms with van der Waals surface area (Å²) in [5, 5.41) is 1.90. The van der Waals surface area contributed by atoms with Gasteiger partial charge in [0.2, 0.25) is 5.91 Å². The minimum Gasteiger partial charge on any atom is -0.362 e. The van der Waals surface area contributed by atoms with E-state index in [9.17, 15) is 18.0 Å². The molecule has 0 atom stereocenters. The van der Waals surface area contributed by atoms with Crippen molar-refractivity contribution in [3.05, 3.63) is 29.8 Å². The van der Waals surface area contributed by atoms with Crippen LogP contribution in [0.5, 0.6) is 0 Å². The molecule has 3 nitrogen and oxygen atoms in total. The van der Waals surface area contributed by atoms with Crippen molar-refractivity contribution in [1.82, 2.24) is 5.32 Å². The number of aryl methyl sites for hydroxylation is 1. The van der Waals surface area contributed by atoms with Crippen molar-refractivity contribution in [3.63, 3.8) is 0 Å². The molecule has 0 fully saturated rings. The van der Waals surface area contributed by atoms with Gasteiger partial charge in [0.1, 0.15) is 6.54 Å². The monoisotopic (exact) mass is 272 g/mol. The molecule has 0 saturated heterocycles. The fourth-order valence-electron chi connectivity index (χ4n) is 2.20. The number of alkyl halides is 3. The Balaban J connectivity index is 1.95. The average Bonchev–Trinajstić information content (AvgIpc) is 2.36. The van der Waals surface area contributed by atoms with Crippen molar-refractivity contribution >= 4 is 11.6 Å². The smallest absolute Gasteiger partial charge is 0.362 e. The molecule has 1 N–H and O–H groups in total. The standard InChI is InChI=1S/C13H15F3N2O/c14-13(15,16)9-17-12(19)8-18-7-3-5-10-4-1-2-6-11(10)18/h1-2,4,6H,3,5,7-9H2,(H,17,19). The number of anilines is 1. The minimum atomic E-state index is -4.37. The first-order valence-electron chi connectivity index (χ1n) is 6.12. The zero-order valence-corrected chi connectivity index (χ0v) is 10.3. The fraction of sp³-hybridized carbons (Fsp3) is 0.462. The van der Waals surface area contributed by atoms with Gasteiger partial charge in [-0.25, -0.2) is 0 Å². The predicted octanol–water partition coefficient (Wildman–Crippen LogP) is 2.12. The van der Waals surface area contributed by atoms with Gasteiger partial charge in [-0.1, -0.05) is 18.2 Å². The molecule has 0 aromatic heterocycles. The van der Waals surface area contributed by atoms with Gasteiger partial charge in [0.05, 0.1) is 6.54 Å². The SMILES string of the molecule is O=C(CN1CCCc2ccccc21)NCC(F)(F)F. The lowest BCUT2D eigenvalue weighted by Gasteiger charge is -2.30. The number of carbonyl (C=O) groups excluding carboxylic acids is 1. The summed E-state index contributed by atoms with van der Waals surface area (Å²) in [4.78, 5) is 13.3. The summed E-state index contributed by atoms with van der Waals surface area (Å²) in [7, 11) is 0. The van der Waals surface area contributed by atoms with Crippen LogP contribution in [-0.2, 0) is 11.2 Å². The third-order valence-electron chi connectivity index (χ3n) is 3.03. The molecule has 1 aliphatic rings. The average molecular weight is 272 g/mol. The molecular formula is C13H15F3N2O. The molecular weight excluding hydrogens is 257 g/mol. The van der Waals surface area contributed by atoms with Gasteiger partial charge in [0, 0.05) is 12.2 Å². The van der Waals surface area contributed by atoms with Gasteiger partial charge in [0.25, 0.3) is 0 Å². The molecule has 6 heteroatoms. The Morgan fingerprint density at radius 2 is 2.05 bits per heavy atom. The molecule has 0 radical (unpaired) electrons. The highest BCUT2D eigenvalue weighted by Crippen LogP contribution is 2.26. The molecule has 1 amide bonds. The number of rotatable bonds is 3. The molecule has 0 saturated carbocycles. The van der Waals surface area contributed by atoms with Gasteiger partial charge < -0.3 is 10.2 Å². The lowest BCUT2D eigenvalue weighted by atomic mass is 10.0. The summed E-state index contributed by atoms with van der Waals surface area (Å²) in [5.74, 6) is -0.603. The van der Waals surface area contributed by atoms with Crippen LogP contribution in [0.25, 0.3) is 0 Å². The maximum atomic E-state index is 12.0. The number of nitrogens with zero attached hydrogens (tertiary/aromatic N) is 1. The lowest BCUT2D eigenvalue weighted by molar-refractivity contribution is -0.137. The summed E-state index contributed by atoms with van der Waals surface area (Å²) in [6.45, 7) is -0.620. The van der Waals surface area contributed by atoms with E-state index in [0.29, 0.717) is 6.54 Å². The molecule has 104 valence electrons.